The second kappa shape index (κ2) is 13.3. The summed E-state index contributed by atoms with van der Waals surface area (Å²) in [6, 6.07) is 5.95. The van der Waals surface area contributed by atoms with Crippen molar-refractivity contribution in [3.63, 3.8) is 0 Å². The van der Waals surface area contributed by atoms with Gasteiger partial charge in [0.05, 0.1) is 28.6 Å². The number of aryl methyl sites for hydroxylation is 1. The molecule has 11 heteroatoms. The Bertz CT molecular complexity index is 1360. The highest BCUT2D eigenvalue weighted by molar-refractivity contribution is 5.83. The van der Waals surface area contributed by atoms with E-state index in [1.807, 2.05) is 32.0 Å². The van der Waals surface area contributed by atoms with Gasteiger partial charge in [-0.05, 0) is 54.7 Å². The number of halogens is 6. The summed E-state index contributed by atoms with van der Waals surface area (Å²) in [6.45, 7) is 15.2. The molecule has 0 bridgehead atoms. The first kappa shape index (κ1) is 34.5. The maximum atomic E-state index is 14.0. The van der Waals surface area contributed by atoms with Crippen molar-refractivity contribution in [2.24, 2.45) is 5.41 Å². The average molecular weight is 622 g/mol. The zero-order valence-corrected chi connectivity index (χ0v) is 25.0. The van der Waals surface area contributed by atoms with Crippen LogP contribution < -0.4 is 0 Å². The van der Waals surface area contributed by atoms with Gasteiger partial charge in [0.25, 0.3) is 0 Å². The molecule has 44 heavy (non-hydrogen) atoms. The van der Waals surface area contributed by atoms with Gasteiger partial charge in [0.2, 0.25) is 5.91 Å². The molecule has 1 saturated heterocycles. The van der Waals surface area contributed by atoms with E-state index in [2.05, 4.69) is 19.7 Å². The number of nitrogens with zero attached hydrogens (tertiary/aromatic N) is 3. The van der Waals surface area contributed by atoms with Crippen molar-refractivity contribution >= 4 is 11.9 Å². The predicted octanol–water partition coefficient (Wildman–Crippen LogP) is 8.36. The van der Waals surface area contributed by atoms with Crippen molar-refractivity contribution in [1.82, 2.24) is 14.7 Å². The van der Waals surface area contributed by atoms with Crippen molar-refractivity contribution < 1.29 is 35.9 Å². The topological polar surface area (TPSA) is 43.9 Å². The SMILES string of the molecule is C=CCC(C)(CC=C)C(=O)N1CCN(C(=O)N(C)C(C=C)c2cc(C(F)(F)F)cc(C(F)(F)F)c2)C(c2ccccc2C)C1. The Hall–Kier alpha value is -4.02. The molecule has 5 nitrogen and oxygen atoms in total. The van der Waals surface area contributed by atoms with Crippen LogP contribution in [0.15, 0.2) is 80.4 Å². The molecule has 2 aromatic carbocycles. The molecule has 0 N–H and O–H groups in total. The van der Waals surface area contributed by atoms with E-state index in [0.29, 0.717) is 25.0 Å². The van der Waals surface area contributed by atoms with Gasteiger partial charge in [-0.3, -0.25) is 4.79 Å². The number of benzene rings is 2. The van der Waals surface area contributed by atoms with Crippen molar-refractivity contribution in [2.75, 3.05) is 26.7 Å². The van der Waals surface area contributed by atoms with E-state index < -0.39 is 47.0 Å². The number of allylic oxidation sites excluding steroid dienone is 2. The minimum absolute atomic E-state index is 0.0441. The third kappa shape index (κ3) is 7.36. The largest absolute Gasteiger partial charge is 0.416 e. The fourth-order valence-corrected chi connectivity index (χ4v) is 5.69. The number of hydrogen-bond donors (Lipinski definition) is 0. The lowest BCUT2D eigenvalue weighted by atomic mass is 9.81. The molecule has 1 heterocycles. The summed E-state index contributed by atoms with van der Waals surface area (Å²) in [5.41, 5.74) is -2.54. The molecule has 0 aromatic heterocycles. The Morgan fingerprint density at radius 1 is 0.955 bits per heavy atom. The van der Waals surface area contributed by atoms with Crippen LogP contribution in [0.1, 0.15) is 59.7 Å². The second-order valence-electron chi connectivity index (χ2n) is 11.3. The Morgan fingerprint density at radius 2 is 1.50 bits per heavy atom. The number of carbonyl (C=O) groups is 2. The quantitative estimate of drug-likeness (QED) is 0.209. The standard InChI is InChI=1S/C33H37F6N3O2/c1-7-14-31(5,15-8-2)29(43)41-16-17-42(28(21-41)26-13-11-10-12-22(26)4)30(44)40(6)27(9-3)23-18-24(32(34,35)36)20-25(19-23)33(37,38)39/h7-13,18-20,27-28H,1-3,14-17,21H2,4-6H3. The number of amides is 3. The van der Waals surface area contributed by atoms with Crippen LogP contribution in [-0.4, -0.2) is 53.3 Å². The Balaban J connectivity index is 2.03. The zero-order valence-electron chi connectivity index (χ0n) is 25.0. The molecule has 0 spiro atoms. The highest BCUT2D eigenvalue weighted by Crippen LogP contribution is 2.40. The summed E-state index contributed by atoms with van der Waals surface area (Å²) in [5.74, 6) is -0.135. The van der Waals surface area contributed by atoms with E-state index in [-0.39, 0.29) is 37.2 Å². The van der Waals surface area contributed by atoms with Crippen molar-refractivity contribution in [1.29, 1.82) is 0 Å². The van der Waals surface area contributed by atoms with Gasteiger partial charge in [-0.2, -0.15) is 26.3 Å². The summed E-state index contributed by atoms with van der Waals surface area (Å²) in [7, 11) is 1.31. The lowest BCUT2D eigenvalue weighted by molar-refractivity contribution is -0.144. The van der Waals surface area contributed by atoms with E-state index in [4.69, 9.17) is 0 Å². The number of hydrogen-bond acceptors (Lipinski definition) is 2. The second-order valence-corrected chi connectivity index (χ2v) is 11.3. The van der Waals surface area contributed by atoms with E-state index in [1.165, 1.54) is 11.9 Å². The van der Waals surface area contributed by atoms with Crippen molar-refractivity contribution in [2.45, 2.75) is 51.1 Å². The minimum atomic E-state index is -5.05. The van der Waals surface area contributed by atoms with Crippen LogP contribution in [0.5, 0.6) is 0 Å². The van der Waals surface area contributed by atoms with Crippen molar-refractivity contribution in [3.05, 3.63) is 108 Å². The van der Waals surface area contributed by atoms with Crippen LogP contribution in [0.3, 0.4) is 0 Å². The average Bonchev–Trinajstić information content (AvgIpc) is 2.96. The highest BCUT2D eigenvalue weighted by atomic mass is 19.4. The third-order valence-electron chi connectivity index (χ3n) is 8.06. The van der Waals surface area contributed by atoms with E-state index in [0.717, 1.165) is 22.1 Å². The summed E-state index contributed by atoms with van der Waals surface area (Å²) in [6.07, 6.45) is -4.81. The van der Waals surface area contributed by atoms with E-state index in [9.17, 15) is 35.9 Å². The van der Waals surface area contributed by atoms with Gasteiger partial charge in [0.1, 0.15) is 0 Å². The van der Waals surface area contributed by atoms with Gasteiger partial charge >= 0.3 is 18.4 Å². The van der Waals surface area contributed by atoms with Gasteiger partial charge < -0.3 is 14.7 Å². The number of carbonyl (C=O) groups excluding carboxylic acids is 2. The summed E-state index contributed by atoms with van der Waals surface area (Å²) in [5, 5.41) is 0. The van der Waals surface area contributed by atoms with Crippen LogP contribution >= 0.6 is 0 Å². The predicted molar refractivity (Wildman–Crippen MR) is 157 cm³/mol. The summed E-state index contributed by atoms with van der Waals surface area (Å²) < 4.78 is 81.5. The molecule has 1 aliphatic heterocycles. The third-order valence-corrected chi connectivity index (χ3v) is 8.06. The number of rotatable bonds is 9. The lowest BCUT2D eigenvalue weighted by Gasteiger charge is -2.46. The van der Waals surface area contributed by atoms with Gasteiger partial charge in [-0.1, -0.05) is 49.4 Å². The zero-order chi connectivity index (χ0) is 33.0. The van der Waals surface area contributed by atoms with Gasteiger partial charge in [-0.15, -0.1) is 19.7 Å². The molecule has 238 valence electrons. The number of alkyl halides is 6. The number of piperazine rings is 1. The number of urea groups is 1. The molecule has 1 aliphatic rings. The maximum Gasteiger partial charge on any atom is 0.416 e. The van der Waals surface area contributed by atoms with Crippen LogP contribution in [0, 0.1) is 12.3 Å². The molecule has 2 aromatic rings. The monoisotopic (exact) mass is 621 g/mol. The first-order valence-corrected chi connectivity index (χ1v) is 14.0. The number of likely N-dealkylation sites (N-methyl/N-ethyl adjacent to an activating group) is 1. The molecule has 2 unspecified atom stereocenters. The van der Waals surface area contributed by atoms with Crippen LogP contribution in [0.25, 0.3) is 0 Å². The van der Waals surface area contributed by atoms with Gasteiger partial charge in [0, 0.05) is 26.7 Å². The van der Waals surface area contributed by atoms with Crippen LogP contribution in [0.4, 0.5) is 31.1 Å². The fourth-order valence-electron chi connectivity index (χ4n) is 5.69. The highest BCUT2D eigenvalue weighted by Gasteiger charge is 2.42. The van der Waals surface area contributed by atoms with E-state index in [1.54, 1.807) is 23.1 Å². The Kier molecular flexibility index (Phi) is 10.4. The lowest BCUT2D eigenvalue weighted by Crippen LogP contribution is -2.57. The fraction of sp³-hybridized carbons (Fsp3) is 0.394. The minimum Gasteiger partial charge on any atom is -0.338 e. The molecule has 1 fully saturated rings. The molecule has 0 saturated carbocycles. The first-order valence-electron chi connectivity index (χ1n) is 14.0. The molecular formula is C33H37F6N3O2. The molecular weight excluding hydrogens is 584 g/mol. The Morgan fingerprint density at radius 3 is 1.98 bits per heavy atom. The molecule has 2 atom stereocenters. The van der Waals surface area contributed by atoms with Gasteiger partial charge in [0.15, 0.2) is 0 Å². The molecule has 0 aliphatic carbocycles. The normalized spacial score (nSPS) is 16.7. The maximum absolute atomic E-state index is 14.0. The van der Waals surface area contributed by atoms with Gasteiger partial charge in [-0.25, -0.2) is 4.79 Å². The smallest absolute Gasteiger partial charge is 0.338 e. The molecule has 3 amide bonds. The summed E-state index contributed by atoms with van der Waals surface area (Å²) in [4.78, 5) is 32.1. The molecule has 3 rings (SSSR count). The van der Waals surface area contributed by atoms with Crippen molar-refractivity contribution in [3.8, 4) is 0 Å². The summed E-state index contributed by atoms with van der Waals surface area (Å²) >= 11 is 0. The van der Waals surface area contributed by atoms with E-state index >= 15 is 0 Å². The van der Waals surface area contributed by atoms with Crippen LogP contribution in [-0.2, 0) is 17.1 Å². The first-order chi connectivity index (χ1) is 20.5. The molecule has 0 radical (unpaired) electrons. The Labute approximate surface area is 254 Å². The van der Waals surface area contributed by atoms with Crippen LogP contribution in [0.2, 0.25) is 0 Å².